The van der Waals surface area contributed by atoms with E-state index < -0.39 is 9.84 Å². The first kappa shape index (κ1) is 15.2. The Labute approximate surface area is 110 Å². The Morgan fingerprint density at radius 2 is 2.22 bits per heavy atom. The molecule has 0 saturated carbocycles. The zero-order valence-electron chi connectivity index (χ0n) is 11.4. The van der Waals surface area contributed by atoms with Crippen LogP contribution >= 0.6 is 0 Å². The molecule has 1 heterocycles. The smallest absolute Gasteiger partial charge is 0.148 e. The monoisotopic (exact) mass is 273 g/mol. The Hall–Kier alpha value is -0.880. The van der Waals surface area contributed by atoms with E-state index in [9.17, 15) is 8.42 Å². The van der Waals surface area contributed by atoms with E-state index in [1.54, 1.807) is 6.20 Å². The van der Waals surface area contributed by atoms with Crippen LogP contribution in [0.3, 0.4) is 0 Å². The summed E-state index contributed by atoms with van der Waals surface area (Å²) in [4.78, 5) is 4.25. The van der Waals surface area contributed by atoms with Crippen LogP contribution in [0.5, 0.6) is 0 Å². The number of aryl methyl sites for hydroxylation is 2. The molecule has 1 atom stereocenters. The van der Waals surface area contributed by atoms with Gasteiger partial charge in [-0.2, -0.15) is 0 Å². The summed E-state index contributed by atoms with van der Waals surface area (Å²) in [6.07, 6.45) is 7.54. The van der Waals surface area contributed by atoms with Gasteiger partial charge in [-0.3, -0.25) is 0 Å². The van der Waals surface area contributed by atoms with E-state index in [1.807, 2.05) is 17.8 Å². The van der Waals surface area contributed by atoms with Crippen LogP contribution < -0.4 is 5.32 Å². The first-order valence-electron chi connectivity index (χ1n) is 6.29. The molecular weight excluding hydrogens is 250 g/mol. The molecule has 5 nitrogen and oxygen atoms in total. The highest BCUT2D eigenvalue weighted by Crippen LogP contribution is 2.05. The Bertz CT molecular complexity index is 454. The molecule has 0 spiro atoms. The number of imidazole rings is 1. The molecule has 18 heavy (non-hydrogen) atoms. The molecule has 1 rings (SSSR count). The van der Waals surface area contributed by atoms with Crippen LogP contribution in [0.15, 0.2) is 12.4 Å². The van der Waals surface area contributed by atoms with Crippen LogP contribution in [0.2, 0.25) is 0 Å². The SMILES string of the molecule is CCCNC(CCc1nccn1C)CS(C)(=O)=O. The summed E-state index contributed by atoms with van der Waals surface area (Å²) in [7, 11) is -0.993. The molecule has 0 radical (unpaired) electrons. The average molecular weight is 273 g/mol. The topological polar surface area (TPSA) is 64.0 Å². The van der Waals surface area contributed by atoms with Gasteiger partial charge in [-0.25, -0.2) is 13.4 Å². The van der Waals surface area contributed by atoms with E-state index in [1.165, 1.54) is 6.26 Å². The molecule has 0 aliphatic rings. The lowest BCUT2D eigenvalue weighted by atomic mass is 10.1. The van der Waals surface area contributed by atoms with Gasteiger partial charge in [-0.05, 0) is 19.4 Å². The maximum Gasteiger partial charge on any atom is 0.148 e. The highest BCUT2D eigenvalue weighted by atomic mass is 32.2. The third kappa shape index (κ3) is 5.64. The van der Waals surface area contributed by atoms with E-state index in [0.717, 1.165) is 31.6 Å². The quantitative estimate of drug-likeness (QED) is 0.760. The summed E-state index contributed by atoms with van der Waals surface area (Å²) in [6.45, 7) is 2.92. The molecule has 0 amide bonds. The van der Waals surface area contributed by atoms with E-state index in [2.05, 4.69) is 17.2 Å². The Balaban J connectivity index is 2.53. The number of hydrogen-bond donors (Lipinski definition) is 1. The van der Waals surface area contributed by atoms with Crippen molar-refractivity contribution in [1.29, 1.82) is 0 Å². The molecule has 1 aromatic heterocycles. The van der Waals surface area contributed by atoms with Gasteiger partial charge in [0.2, 0.25) is 0 Å². The van der Waals surface area contributed by atoms with Gasteiger partial charge in [0.25, 0.3) is 0 Å². The van der Waals surface area contributed by atoms with Crippen molar-refractivity contribution in [2.45, 2.75) is 32.2 Å². The van der Waals surface area contributed by atoms with Crippen molar-refractivity contribution in [3.63, 3.8) is 0 Å². The fourth-order valence-electron chi connectivity index (χ4n) is 1.90. The summed E-state index contributed by atoms with van der Waals surface area (Å²) >= 11 is 0. The molecule has 0 aromatic carbocycles. The number of nitrogens with one attached hydrogen (secondary N) is 1. The van der Waals surface area contributed by atoms with Gasteiger partial charge in [-0.15, -0.1) is 0 Å². The van der Waals surface area contributed by atoms with Crippen LogP contribution in [0, 0.1) is 0 Å². The summed E-state index contributed by atoms with van der Waals surface area (Å²) in [5.41, 5.74) is 0. The third-order valence-electron chi connectivity index (χ3n) is 2.82. The summed E-state index contributed by atoms with van der Waals surface area (Å²) in [5.74, 6) is 1.18. The molecule has 0 fully saturated rings. The van der Waals surface area contributed by atoms with Gasteiger partial charge in [0.05, 0.1) is 5.75 Å². The number of nitrogens with zero attached hydrogens (tertiary/aromatic N) is 2. The second-order valence-corrected chi connectivity index (χ2v) is 6.92. The van der Waals surface area contributed by atoms with Gasteiger partial charge in [0.15, 0.2) is 0 Å². The summed E-state index contributed by atoms with van der Waals surface area (Å²) in [6, 6.07) is 0.0108. The van der Waals surface area contributed by atoms with Crippen LogP contribution in [-0.4, -0.2) is 42.6 Å². The van der Waals surface area contributed by atoms with Crippen molar-refractivity contribution in [3.8, 4) is 0 Å². The molecule has 1 N–H and O–H groups in total. The van der Waals surface area contributed by atoms with Gasteiger partial charge < -0.3 is 9.88 Å². The molecular formula is C12H23N3O2S. The van der Waals surface area contributed by atoms with E-state index >= 15 is 0 Å². The maximum absolute atomic E-state index is 11.4. The molecule has 0 bridgehead atoms. The molecule has 104 valence electrons. The number of sulfone groups is 1. The first-order valence-corrected chi connectivity index (χ1v) is 8.35. The Morgan fingerprint density at radius 3 is 2.72 bits per heavy atom. The predicted octanol–water partition coefficient (Wildman–Crippen LogP) is 0.766. The number of rotatable bonds is 8. The van der Waals surface area contributed by atoms with Crippen molar-refractivity contribution in [2.24, 2.45) is 7.05 Å². The summed E-state index contributed by atoms with van der Waals surface area (Å²) < 4.78 is 24.7. The second-order valence-electron chi connectivity index (χ2n) is 4.74. The van der Waals surface area contributed by atoms with E-state index in [4.69, 9.17) is 0 Å². The minimum atomic E-state index is -2.94. The highest BCUT2D eigenvalue weighted by molar-refractivity contribution is 7.90. The number of aromatic nitrogens is 2. The van der Waals surface area contributed by atoms with E-state index in [0.29, 0.717) is 0 Å². The highest BCUT2D eigenvalue weighted by Gasteiger charge is 2.15. The average Bonchev–Trinajstić information content (AvgIpc) is 2.66. The van der Waals surface area contributed by atoms with Crippen molar-refractivity contribution in [3.05, 3.63) is 18.2 Å². The lowest BCUT2D eigenvalue weighted by Gasteiger charge is -2.17. The standard InChI is InChI=1S/C12H23N3O2S/c1-4-7-13-11(10-18(3,16)17)5-6-12-14-8-9-15(12)2/h8-9,11,13H,4-7,10H2,1-3H3. The molecule has 1 unspecified atom stereocenters. The zero-order chi connectivity index (χ0) is 13.6. The molecule has 1 aromatic rings. The Morgan fingerprint density at radius 1 is 1.50 bits per heavy atom. The van der Waals surface area contributed by atoms with Gasteiger partial charge in [0.1, 0.15) is 15.7 Å². The van der Waals surface area contributed by atoms with Crippen LogP contribution in [0.4, 0.5) is 0 Å². The van der Waals surface area contributed by atoms with Crippen molar-refractivity contribution < 1.29 is 8.42 Å². The predicted molar refractivity (Wildman–Crippen MR) is 73.3 cm³/mol. The fraction of sp³-hybridized carbons (Fsp3) is 0.750. The molecule has 0 saturated heterocycles. The van der Waals surface area contributed by atoms with E-state index in [-0.39, 0.29) is 11.8 Å². The van der Waals surface area contributed by atoms with Gasteiger partial charge >= 0.3 is 0 Å². The van der Waals surface area contributed by atoms with Crippen molar-refractivity contribution >= 4 is 9.84 Å². The lowest BCUT2D eigenvalue weighted by molar-refractivity contribution is 0.498. The summed E-state index contributed by atoms with van der Waals surface area (Å²) in [5, 5.41) is 3.29. The maximum atomic E-state index is 11.4. The normalized spacial score (nSPS) is 13.7. The van der Waals surface area contributed by atoms with Crippen LogP contribution in [0.1, 0.15) is 25.6 Å². The largest absolute Gasteiger partial charge is 0.338 e. The molecule has 0 aliphatic carbocycles. The van der Waals surface area contributed by atoms with Gasteiger partial charge in [0, 0.05) is 38.2 Å². The minimum Gasteiger partial charge on any atom is -0.338 e. The van der Waals surface area contributed by atoms with Crippen LogP contribution in [-0.2, 0) is 23.3 Å². The number of hydrogen-bond acceptors (Lipinski definition) is 4. The first-order chi connectivity index (χ1) is 8.42. The van der Waals surface area contributed by atoms with Crippen molar-refractivity contribution in [1.82, 2.24) is 14.9 Å². The molecule has 6 heteroatoms. The second kappa shape index (κ2) is 6.89. The minimum absolute atomic E-state index is 0.0108. The van der Waals surface area contributed by atoms with Gasteiger partial charge in [-0.1, -0.05) is 6.92 Å². The lowest BCUT2D eigenvalue weighted by Crippen LogP contribution is -2.36. The fourth-order valence-corrected chi connectivity index (χ4v) is 2.91. The Kier molecular flexibility index (Phi) is 5.81. The van der Waals surface area contributed by atoms with Crippen LogP contribution in [0.25, 0.3) is 0 Å². The third-order valence-corrected chi connectivity index (χ3v) is 3.83. The zero-order valence-corrected chi connectivity index (χ0v) is 12.2. The van der Waals surface area contributed by atoms with Crippen molar-refractivity contribution in [2.75, 3.05) is 18.6 Å². The molecule has 0 aliphatic heterocycles.